The Balaban J connectivity index is 1.79. The van der Waals surface area contributed by atoms with E-state index in [0.29, 0.717) is 5.96 Å². The second-order valence-electron chi connectivity index (χ2n) is 6.32. The summed E-state index contributed by atoms with van der Waals surface area (Å²) in [6.45, 7) is 7.74. The maximum Gasteiger partial charge on any atom is 0.188 e. The molecule has 0 aromatic heterocycles. The summed E-state index contributed by atoms with van der Waals surface area (Å²) in [6, 6.07) is 0. The average molecular weight is 329 g/mol. The molecule has 2 aliphatic rings. The molecule has 22 heavy (non-hydrogen) atoms. The van der Waals surface area contributed by atoms with E-state index in [4.69, 9.17) is 10.5 Å². The van der Waals surface area contributed by atoms with E-state index in [9.17, 15) is 0 Å². The molecule has 2 heterocycles. The number of nitrogens with zero attached hydrogens (tertiary/aromatic N) is 2. The van der Waals surface area contributed by atoms with Crippen molar-refractivity contribution in [3.63, 3.8) is 0 Å². The van der Waals surface area contributed by atoms with E-state index in [2.05, 4.69) is 22.1 Å². The van der Waals surface area contributed by atoms with Gasteiger partial charge in [-0.05, 0) is 18.6 Å². The molecule has 0 amide bonds. The molecule has 0 spiro atoms. The van der Waals surface area contributed by atoms with Crippen molar-refractivity contribution >= 4 is 17.7 Å². The molecule has 2 aliphatic heterocycles. The highest BCUT2D eigenvalue weighted by molar-refractivity contribution is 7.99. The highest BCUT2D eigenvalue weighted by Crippen LogP contribution is 2.34. The van der Waals surface area contributed by atoms with Crippen LogP contribution in [-0.4, -0.2) is 67.3 Å². The molecule has 2 fully saturated rings. The first-order valence-electron chi connectivity index (χ1n) is 8.71. The number of hydrogen-bond acceptors (Lipinski definition) is 4. The Bertz CT molecular complexity index is 339. The maximum atomic E-state index is 6.04. The monoisotopic (exact) mass is 328 g/mol. The molecule has 0 radical (unpaired) electrons. The lowest BCUT2D eigenvalue weighted by molar-refractivity contribution is -0.0104. The highest BCUT2D eigenvalue weighted by atomic mass is 32.2. The van der Waals surface area contributed by atoms with Crippen molar-refractivity contribution in [1.29, 1.82) is 0 Å². The van der Waals surface area contributed by atoms with Gasteiger partial charge in [0.15, 0.2) is 5.96 Å². The molecule has 5 nitrogen and oxygen atoms in total. The van der Waals surface area contributed by atoms with Crippen LogP contribution >= 0.6 is 11.8 Å². The standard InChI is InChI=1S/C16H32N4OS/c1-2-3-4-5-7-18-15(17)19-13-16(6-12-22-14-16)20-8-10-21-11-9-20/h2-14H2,1H3,(H3,17,18,19). The van der Waals surface area contributed by atoms with Crippen molar-refractivity contribution < 1.29 is 4.74 Å². The number of nitrogens with one attached hydrogen (secondary N) is 1. The molecular weight excluding hydrogens is 296 g/mol. The van der Waals surface area contributed by atoms with Crippen molar-refractivity contribution in [2.75, 3.05) is 50.9 Å². The molecule has 0 aliphatic carbocycles. The summed E-state index contributed by atoms with van der Waals surface area (Å²) in [5.41, 5.74) is 6.24. The predicted octanol–water partition coefficient (Wildman–Crippen LogP) is 1.68. The number of unbranched alkanes of at least 4 members (excludes halogenated alkanes) is 3. The smallest absolute Gasteiger partial charge is 0.188 e. The van der Waals surface area contributed by atoms with Crippen LogP contribution in [0.5, 0.6) is 0 Å². The van der Waals surface area contributed by atoms with Gasteiger partial charge in [-0.3, -0.25) is 9.89 Å². The normalized spacial score (nSPS) is 27.2. The van der Waals surface area contributed by atoms with Gasteiger partial charge in [0.05, 0.1) is 25.3 Å². The van der Waals surface area contributed by atoms with Crippen LogP contribution in [0.25, 0.3) is 0 Å². The minimum atomic E-state index is 0.197. The maximum absolute atomic E-state index is 6.04. The third kappa shape index (κ3) is 5.32. The Morgan fingerprint density at radius 3 is 2.82 bits per heavy atom. The Kier molecular flexibility index (Phi) is 7.83. The Hall–Kier alpha value is -0.460. The zero-order chi connectivity index (χ0) is 15.7. The number of thioether (sulfide) groups is 1. The lowest BCUT2D eigenvalue weighted by atomic mass is 9.96. The van der Waals surface area contributed by atoms with Gasteiger partial charge in [0.2, 0.25) is 0 Å². The van der Waals surface area contributed by atoms with Gasteiger partial charge in [-0.15, -0.1) is 0 Å². The number of rotatable bonds is 8. The molecule has 0 aromatic carbocycles. The number of guanidine groups is 1. The molecule has 1 unspecified atom stereocenters. The highest BCUT2D eigenvalue weighted by Gasteiger charge is 2.40. The third-order valence-corrected chi connectivity index (χ3v) is 5.88. The first-order chi connectivity index (χ1) is 10.8. The summed E-state index contributed by atoms with van der Waals surface area (Å²) in [4.78, 5) is 7.24. The first kappa shape index (κ1) is 17.9. The Morgan fingerprint density at radius 2 is 2.14 bits per heavy atom. The van der Waals surface area contributed by atoms with Crippen LogP contribution in [0.3, 0.4) is 0 Å². The molecule has 128 valence electrons. The van der Waals surface area contributed by atoms with Gasteiger partial charge >= 0.3 is 0 Å². The van der Waals surface area contributed by atoms with E-state index in [1.54, 1.807) is 0 Å². The Morgan fingerprint density at radius 1 is 1.32 bits per heavy atom. The molecule has 6 heteroatoms. The van der Waals surface area contributed by atoms with Crippen LogP contribution in [0.1, 0.15) is 39.0 Å². The van der Waals surface area contributed by atoms with Gasteiger partial charge in [-0.1, -0.05) is 26.2 Å². The number of hydrogen-bond donors (Lipinski definition) is 2. The molecule has 0 aromatic rings. The van der Waals surface area contributed by atoms with E-state index in [1.807, 2.05) is 11.8 Å². The predicted molar refractivity (Wildman–Crippen MR) is 95.7 cm³/mol. The minimum absolute atomic E-state index is 0.197. The van der Waals surface area contributed by atoms with Crippen molar-refractivity contribution in [2.24, 2.45) is 10.7 Å². The third-order valence-electron chi connectivity index (χ3n) is 4.64. The summed E-state index contributed by atoms with van der Waals surface area (Å²) in [5.74, 6) is 3.01. The molecule has 3 N–H and O–H groups in total. The van der Waals surface area contributed by atoms with Gasteiger partial charge in [-0.2, -0.15) is 11.8 Å². The van der Waals surface area contributed by atoms with Gasteiger partial charge in [0.25, 0.3) is 0 Å². The van der Waals surface area contributed by atoms with E-state index < -0.39 is 0 Å². The molecule has 1 atom stereocenters. The zero-order valence-electron chi connectivity index (χ0n) is 14.0. The van der Waals surface area contributed by atoms with Crippen LogP contribution in [0.2, 0.25) is 0 Å². The Labute approximate surface area is 139 Å². The van der Waals surface area contributed by atoms with Gasteiger partial charge in [0, 0.05) is 25.4 Å². The summed E-state index contributed by atoms with van der Waals surface area (Å²) in [5, 5.41) is 3.26. The van der Waals surface area contributed by atoms with Gasteiger partial charge in [0.1, 0.15) is 0 Å². The van der Waals surface area contributed by atoms with Crippen LogP contribution < -0.4 is 11.1 Å². The van der Waals surface area contributed by atoms with Crippen LogP contribution in [0.4, 0.5) is 0 Å². The second-order valence-corrected chi connectivity index (χ2v) is 7.42. The van der Waals surface area contributed by atoms with Crippen molar-refractivity contribution in [3.05, 3.63) is 0 Å². The lowest BCUT2D eigenvalue weighted by Crippen LogP contribution is -2.56. The van der Waals surface area contributed by atoms with Crippen molar-refractivity contribution in [3.8, 4) is 0 Å². The molecule has 2 saturated heterocycles. The van der Waals surface area contributed by atoms with E-state index in [1.165, 1.54) is 43.6 Å². The lowest BCUT2D eigenvalue weighted by Gasteiger charge is -2.42. The summed E-state index contributed by atoms with van der Waals surface area (Å²) < 4.78 is 5.49. The second kappa shape index (κ2) is 9.63. The number of aliphatic imine (C=N–C) groups is 1. The number of ether oxygens (including phenoxy) is 1. The summed E-state index contributed by atoms with van der Waals surface area (Å²) in [6.07, 6.45) is 6.23. The molecule has 2 rings (SSSR count). The van der Waals surface area contributed by atoms with E-state index in [-0.39, 0.29) is 5.54 Å². The quantitative estimate of drug-likeness (QED) is 0.403. The van der Waals surface area contributed by atoms with Crippen LogP contribution in [0.15, 0.2) is 4.99 Å². The number of nitrogens with two attached hydrogens (primary N) is 1. The van der Waals surface area contributed by atoms with Gasteiger partial charge in [-0.25, -0.2) is 0 Å². The van der Waals surface area contributed by atoms with E-state index in [0.717, 1.165) is 39.4 Å². The summed E-state index contributed by atoms with van der Waals surface area (Å²) >= 11 is 2.04. The van der Waals surface area contributed by atoms with E-state index >= 15 is 0 Å². The van der Waals surface area contributed by atoms with Gasteiger partial charge < -0.3 is 15.8 Å². The largest absolute Gasteiger partial charge is 0.379 e. The average Bonchev–Trinajstić information content (AvgIpc) is 3.04. The number of morpholine rings is 1. The van der Waals surface area contributed by atoms with Crippen molar-refractivity contribution in [1.82, 2.24) is 10.2 Å². The fourth-order valence-electron chi connectivity index (χ4n) is 3.16. The molecular formula is C16H32N4OS. The molecule has 0 saturated carbocycles. The van der Waals surface area contributed by atoms with Crippen LogP contribution in [0, 0.1) is 0 Å². The minimum Gasteiger partial charge on any atom is -0.379 e. The fraction of sp³-hybridized carbons (Fsp3) is 0.938. The van der Waals surface area contributed by atoms with Crippen LogP contribution in [-0.2, 0) is 4.74 Å². The topological polar surface area (TPSA) is 62.9 Å². The first-order valence-corrected chi connectivity index (χ1v) is 9.87. The zero-order valence-corrected chi connectivity index (χ0v) is 14.8. The summed E-state index contributed by atoms with van der Waals surface area (Å²) in [7, 11) is 0. The van der Waals surface area contributed by atoms with Crippen molar-refractivity contribution in [2.45, 2.75) is 44.6 Å². The molecule has 0 bridgehead atoms. The fourth-order valence-corrected chi connectivity index (χ4v) is 4.63. The SMILES string of the molecule is CCCCCCNC(N)=NCC1(N2CCOCC2)CCSC1.